The topological polar surface area (TPSA) is 131 Å². The van der Waals surface area contributed by atoms with Gasteiger partial charge in [0.2, 0.25) is 0 Å². The summed E-state index contributed by atoms with van der Waals surface area (Å²) in [6, 6.07) is 0. The fourth-order valence-corrected chi connectivity index (χ4v) is 3.83. The van der Waals surface area contributed by atoms with E-state index in [1.165, 1.54) is 0 Å². The van der Waals surface area contributed by atoms with E-state index >= 15 is 0 Å². The molecule has 0 bridgehead atoms. The Bertz CT molecular complexity index is 254. The molecule has 0 unspecified atom stereocenters. The van der Waals surface area contributed by atoms with Crippen LogP contribution in [0, 0.1) is 0 Å². The molecule has 0 aliphatic rings. The maximum Gasteiger partial charge on any atom is 0.678 e. The molecular formula is C16H42O7SiZr. The summed E-state index contributed by atoms with van der Waals surface area (Å²) >= 11 is 0. The molecule has 0 rings (SSSR count). The first-order valence-electron chi connectivity index (χ1n) is 7.97. The molecule has 0 amide bonds. The van der Waals surface area contributed by atoms with Gasteiger partial charge in [0, 0.05) is 32.8 Å². The number of hydrogen-bond donors (Lipinski definition) is 2. The predicted molar refractivity (Wildman–Crippen MR) is 99.7 cm³/mol. The van der Waals surface area contributed by atoms with Gasteiger partial charge in [0.15, 0.2) is 0 Å². The van der Waals surface area contributed by atoms with Gasteiger partial charge in [-0.3, -0.25) is 0 Å². The van der Waals surface area contributed by atoms with E-state index in [0.29, 0.717) is 6.61 Å². The number of aliphatic hydroxyl groups excluding tert-OH is 1. The third-order valence-corrected chi connectivity index (χ3v) is 4.43. The molecular weight excluding hydrogens is 423 g/mol. The van der Waals surface area contributed by atoms with Crippen LogP contribution >= 0.6 is 0 Å². The summed E-state index contributed by atoms with van der Waals surface area (Å²) in [4.78, 5) is 10.5. The quantitative estimate of drug-likeness (QED) is 0.599. The van der Waals surface area contributed by atoms with Crippen LogP contribution in [0.2, 0.25) is 0 Å². The van der Waals surface area contributed by atoms with Crippen LogP contribution in [0.1, 0.15) is 82.1 Å². The van der Waals surface area contributed by atoms with E-state index in [9.17, 15) is 4.80 Å². The van der Waals surface area contributed by atoms with Crippen LogP contribution in [0.15, 0.2) is 0 Å². The molecule has 0 heterocycles. The van der Waals surface area contributed by atoms with E-state index in [0.717, 1.165) is 12.8 Å². The molecule has 0 aliphatic heterocycles. The average Bonchev–Trinajstić information content (AvgIpc) is 2.08. The van der Waals surface area contributed by atoms with Crippen molar-refractivity contribution in [2.24, 2.45) is 0 Å². The van der Waals surface area contributed by atoms with E-state index in [1.54, 1.807) is 0 Å². The van der Waals surface area contributed by atoms with Gasteiger partial charge in [0.05, 0.1) is 16.8 Å². The van der Waals surface area contributed by atoms with Crippen LogP contribution in [0.25, 0.3) is 0 Å². The van der Waals surface area contributed by atoms with Crippen molar-refractivity contribution >= 4 is 9.05 Å². The maximum absolute atomic E-state index is 10.5. The monoisotopic (exact) mass is 464 g/mol. The van der Waals surface area contributed by atoms with Gasteiger partial charge >= 0.3 is 9.05 Å². The number of hydrogen-bond acceptors (Lipinski definition) is 5. The van der Waals surface area contributed by atoms with Crippen molar-refractivity contribution in [1.82, 2.24) is 0 Å². The van der Waals surface area contributed by atoms with Crippen molar-refractivity contribution in [2.75, 3.05) is 6.61 Å². The summed E-state index contributed by atoms with van der Waals surface area (Å²) < 4.78 is 16.9. The normalized spacial score (nSPS) is 12.0. The van der Waals surface area contributed by atoms with E-state index in [2.05, 4.69) is 6.92 Å². The predicted octanol–water partition coefficient (Wildman–Crippen LogP) is 1.99. The Morgan fingerprint density at radius 1 is 0.720 bits per heavy atom. The van der Waals surface area contributed by atoms with E-state index in [4.69, 9.17) is 18.4 Å². The van der Waals surface area contributed by atoms with Crippen molar-refractivity contribution < 1.29 is 60.3 Å². The zero-order valence-electron chi connectivity index (χ0n) is 17.7. The second-order valence-corrected chi connectivity index (χ2v) is 9.90. The first kappa shape index (κ1) is 36.7. The summed E-state index contributed by atoms with van der Waals surface area (Å²) in [5.74, 6) is 0. The molecule has 0 saturated heterocycles. The fourth-order valence-electron chi connectivity index (χ4n) is 1.38. The van der Waals surface area contributed by atoms with Gasteiger partial charge in [-0.05, 0) is 68.7 Å². The summed E-state index contributed by atoms with van der Waals surface area (Å²) in [6.45, 7) is 19.2. The molecule has 0 radical (unpaired) electrons. The molecule has 25 heavy (non-hydrogen) atoms. The minimum absolute atomic E-state index is 0. The molecule has 6 N–H and O–H groups in total. The Hall–Kier alpha value is 0.820. The van der Waals surface area contributed by atoms with Gasteiger partial charge < -0.3 is 34.1 Å². The number of aliphatic hydroxyl groups is 1. The number of rotatable bonds is 5. The molecule has 0 aromatic rings. The zero-order chi connectivity index (χ0) is 18.2. The van der Waals surface area contributed by atoms with Crippen molar-refractivity contribution in [3.05, 3.63) is 0 Å². The van der Waals surface area contributed by atoms with E-state index < -0.39 is 25.9 Å². The average molecular weight is 466 g/mol. The van der Waals surface area contributed by atoms with Crippen LogP contribution in [0.5, 0.6) is 0 Å². The van der Waals surface area contributed by atoms with Gasteiger partial charge in [0.1, 0.15) is 0 Å². The largest absolute Gasteiger partial charge is 0.678 e. The first-order valence-corrected chi connectivity index (χ1v) is 9.64. The molecule has 0 aromatic heterocycles. The van der Waals surface area contributed by atoms with E-state index in [1.807, 2.05) is 62.3 Å². The molecule has 7 nitrogen and oxygen atoms in total. The van der Waals surface area contributed by atoms with Gasteiger partial charge in [-0.1, -0.05) is 13.3 Å². The van der Waals surface area contributed by atoms with Crippen molar-refractivity contribution in [3.8, 4) is 0 Å². The number of unbranched alkanes of at least 4 members (excludes halogenated alkanes) is 1. The minimum atomic E-state index is -3.66. The second kappa shape index (κ2) is 14.8. The Labute approximate surface area is 174 Å². The van der Waals surface area contributed by atoms with Crippen LogP contribution in [0.4, 0.5) is 0 Å². The summed E-state index contributed by atoms with van der Waals surface area (Å²) in [6.07, 6.45) is 2.04. The van der Waals surface area contributed by atoms with Gasteiger partial charge in [0.25, 0.3) is 0 Å². The van der Waals surface area contributed by atoms with Gasteiger partial charge in [-0.25, -0.2) is 0 Å². The van der Waals surface area contributed by atoms with Crippen LogP contribution in [-0.4, -0.2) is 53.3 Å². The SMILES string of the molecule is CC(C)(C)O[Si](O)(OC(C)(C)C)OC(C)(C)C.CCCCO.O.O.[Zr]. The van der Waals surface area contributed by atoms with Crippen molar-refractivity contribution in [1.29, 1.82) is 0 Å². The van der Waals surface area contributed by atoms with Crippen molar-refractivity contribution in [2.45, 2.75) is 98.9 Å². The third-order valence-electron chi connectivity index (χ3n) is 1.82. The van der Waals surface area contributed by atoms with E-state index in [-0.39, 0.29) is 37.2 Å². The zero-order valence-corrected chi connectivity index (χ0v) is 21.2. The van der Waals surface area contributed by atoms with Crippen LogP contribution in [-0.2, 0) is 39.5 Å². The molecule has 0 fully saturated rings. The standard InChI is InChI=1S/C12H28O4Si.C4H10O.2H2O.Zr/c1-10(2,3)14-17(13,15-11(4,5)6)16-12(7,8)9;1-2-3-4-5;;;/h13H,1-9H3;5H,2-4H2,1H3;2*1H2;. The molecule has 0 aliphatic carbocycles. The molecule has 0 spiro atoms. The molecule has 9 heteroatoms. The Morgan fingerprint density at radius 3 is 1.04 bits per heavy atom. The Balaban J connectivity index is -0.000000147. The third kappa shape index (κ3) is 29.8. The summed E-state index contributed by atoms with van der Waals surface area (Å²) in [5, 5.41) is 8.07. The molecule has 156 valence electrons. The Morgan fingerprint density at radius 2 is 0.960 bits per heavy atom. The van der Waals surface area contributed by atoms with Crippen LogP contribution in [0.3, 0.4) is 0 Å². The van der Waals surface area contributed by atoms with Gasteiger partial charge in [-0.15, -0.1) is 0 Å². The Kier molecular flexibility index (Phi) is 21.8. The van der Waals surface area contributed by atoms with Gasteiger partial charge in [-0.2, -0.15) is 0 Å². The maximum atomic E-state index is 10.5. The smallest absolute Gasteiger partial charge is 0.412 e. The van der Waals surface area contributed by atoms with Crippen LogP contribution < -0.4 is 0 Å². The second-order valence-electron chi connectivity index (χ2n) is 8.24. The molecule has 0 atom stereocenters. The minimum Gasteiger partial charge on any atom is -0.412 e. The first-order chi connectivity index (χ1) is 9.54. The summed E-state index contributed by atoms with van der Waals surface area (Å²) in [5.41, 5.74) is -1.55. The molecule has 0 aromatic carbocycles. The molecule has 0 saturated carbocycles. The van der Waals surface area contributed by atoms with Crippen molar-refractivity contribution in [3.63, 3.8) is 0 Å². The summed E-state index contributed by atoms with van der Waals surface area (Å²) in [7, 11) is -3.66. The fraction of sp³-hybridized carbons (Fsp3) is 1.00.